The monoisotopic (exact) mass is 321 g/mol. The van der Waals surface area contributed by atoms with Crippen LogP contribution in [0.4, 0.5) is 4.79 Å². The van der Waals surface area contributed by atoms with Gasteiger partial charge in [0, 0.05) is 25.3 Å². The predicted molar refractivity (Wildman–Crippen MR) is 88.2 cm³/mol. The first kappa shape index (κ1) is 17.3. The van der Waals surface area contributed by atoms with E-state index in [0.717, 1.165) is 36.2 Å². The smallest absolute Gasteiger partial charge is 0.315 e. The van der Waals surface area contributed by atoms with E-state index in [1.165, 1.54) is 0 Å². The molecule has 1 aliphatic rings. The number of hydrogen-bond donors (Lipinski definition) is 3. The molecule has 2 heterocycles. The van der Waals surface area contributed by atoms with Crippen molar-refractivity contribution in [2.75, 3.05) is 6.54 Å². The summed E-state index contributed by atoms with van der Waals surface area (Å²) in [6.07, 6.45) is 3.30. The van der Waals surface area contributed by atoms with Gasteiger partial charge in [-0.05, 0) is 52.0 Å². The molecule has 3 N–H and O–H groups in total. The Morgan fingerprint density at radius 3 is 2.83 bits per heavy atom. The highest BCUT2D eigenvalue weighted by Gasteiger charge is 2.23. The lowest BCUT2D eigenvalue weighted by Crippen LogP contribution is -2.51. The highest BCUT2D eigenvalue weighted by molar-refractivity contribution is 5.87. The second-order valence-electron chi connectivity index (χ2n) is 6.34. The molecule has 0 spiro atoms. The van der Waals surface area contributed by atoms with Crippen molar-refractivity contribution >= 4 is 11.9 Å². The van der Waals surface area contributed by atoms with E-state index in [2.05, 4.69) is 21.0 Å². The van der Waals surface area contributed by atoms with Gasteiger partial charge in [0.2, 0.25) is 5.91 Å². The van der Waals surface area contributed by atoms with Crippen molar-refractivity contribution in [1.82, 2.24) is 25.7 Å². The molecule has 23 heavy (non-hydrogen) atoms. The number of carbonyl (C=O) groups excluding carboxylic acids is 2. The van der Waals surface area contributed by atoms with Gasteiger partial charge < -0.3 is 16.0 Å². The first-order chi connectivity index (χ1) is 10.9. The molecule has 1 saturated heterocycles. The zero-order chi connectivity index (χ0) is 17.0. The van der Waals surface area contributed by atoms with Gasteiger partial charge in [0.15, 0.2) is 0 Å². The van der Waals surface area contributed by atoms with E-state index in [0.29, 0.717) is 13.0 Å². The van der Waals surface area contributed by atoms with Gasteiger partial charge in [0.05, 0.1) is 5.69 Å². The van der Waals surface area contributed by atoms with Gasteiger partial charge in [-0.1, -0.05) is 0 Å². The number of urea groups is 1. The lowest BCUT2D eigenvalue weighted by Gasteiger charge is -2.19. The van der Waals surface area contributed by atoms with Crippen LogP contribution < -0.4 is 16.0 Å². The molecule has 0 bridgehead atoms. The third-order valence-electron chi connectivity index (χ3n) is 4.39. The Balaban J connectivity index is 1.88. The molecule has 128 valence electrons. The summed E-state index contributed by atoms with van der Waals surface area (Å²) in [6, 6.07) is -0.768. The van der Waals surface area contributed by atoms with E-state index in [1.54, 1.807) is 0 Å². The lowest BCUT2D eigenvalue weighted by molar-refractivity contribution is -0.122. The number of rotatable bonds is 4. The van der Waals surface area contributed by atoms with E-state index < -0.39 is 6.04 Å². The van der Waals surface area contributed by atoms with Crippen molar-refractivity contribution in [2.24, 2.45) is 7.05 Å². The Kier molecular flexibility index (Phi) is 5.63. The largest absolute Gasteiger partial charge is 0.354 e. The minimum Gasteiger partial charge on any atom is -0.354 e. The predicted octanol–water partition coefficient (Wildman–Crippen LogP) is 0.936. The Bertz CT molecular complexity index is 581. The van der Waals surface area contributed by atoms with Gasteiger partial charge in [0.1, 0.15) is 6.04 Å². The number of nitrogens with one attached hydrogen (secondary N) is 3. The maximum atomic E-state index is 12.1. The van der Waals surface area contributed by atoms with E-state index in [-0.39, 0.29) is 18.0 Å². The number of aryl methyl sites for hydroxylation is 2. The summed E-state index contributed by atoms with van der Waals surface area (Å²) < 4.78 is 1.85. The Hall–Kier alpha value is -2.05. The molecule has 0 unspecified atom stereocenters. The normalized spacial score (nSPS) is 19.7. The van der Waals surface area contributed by atoms with Crippen LogP contribution in [0.3, 0.4) is 0 Å². The SMILES string of the molecule is Cc1nn(C)c(C)c1C[C@H](C)NC(=O)N[C@H]1CCCCNC1=O. The number of aromatic nitrogens is 2. The van der Waals surface area contributed by atoms with Crippen molar-refractivity contribution in [3.63, 3.8) is 0 Å². The van der Waals surface area contributed by atoms with Crippen LogP contribution in [0.2, 0.25) is 0 Å². The summed E-state index contributed by atoms with van der Waals surface area (Å²) in [5.74, 6) is -0.0933. The molecule has 3 amide bonds. The molecule has 0 radical (unpaired) electrons. The maximum Gasteiger partial charge on any atom is 0.315 e. The fourth-order valence-corrected chi connectivity index (χ4v) is 2.97. The standard InChI is InChI=1S/C16H27N5O2/c1-10(9-13-11(2)20-21(4)12(13)3)18-16(23)19-14-7-5-6-8-17-15(14)22/h10,14H,5-9H2,1-4H3,(H,17,22)(H2,18,19,23)/t10-,14-/m0/s1. The molecule has 1 aromatic rings. The van der Waals surface area contributed by atoms with Crippen LogP contribution in [0.25, 0.3) is 0 Å². The molecule has 1 aliphatic heterocycles. The first-order valence-corrected chi connectivity index (χ1v) is 8.22. The molecule has 7 heteroatoms. The molecule has 7 nitrogen and oxygen atoms in total. The average molecular weight is 321 g/mol. The van der Waals surface area contributed by atoms with Crippen LogP contribution in [0, 0.1) is 13.8 Å². The van der Waals surface area contributed by atoms with Crippen LogP contribution in [-0.2, 0) is 18.3 Å². The van der Waals surface area contributed by atoms with Crippen molar-refractivity contribution in [3.8, 4) is 0 Å². The van der Waals surface area contributed by atoms with E-state index in [9.17, 15) is 9.59 Å². The summed E-state index contributed by atoms with van der Waals surface area (Å²) in [7, 11) is 1.92. The van der Waals surface area contributed by atoms with E-state index in [4.69, 9.17) is 0 Å². The summed E-state index contributed by atoms with van der Waals surface area (Å²) in [5, 5.41) is 12.9. The molecular weight excluding hydrogens is 294 g/mol. The van der Waals surface area contributed by atoms with E-state index in [1.807, 2.05) is 32.5 Å². The highest BCUT2D eigenvalue weighted by atomic mass is 16.2. The number of hydrogen-bond acceptors (Lipinski definition) is 3. The summed E-state index contributed by atoms with van der Waals surface area (Å²) >= 11 is 0. The van der Waals surface area contributed by atoms with Crippen molar-refractivity contribution in [2.45, 2.75) is 58.5 Å². The second-order valence-corrected chi connectivity index (χ2v) is 6.34. The molecule has 1 fully saturated rings. The fraction of sp³-hybridized carbons (Fsp3) is 0.688. The van der Waals surface area contributed by atoms with Gasteiger partial charge in [-0.2, -0.15) is 5.10 Å². The second kappa shape index (κ2) is 7.48. The summed E-state index contributed by atoms with van der Waals surface area (Å²) in [4.78, 5) is 24.0. The quantitative estimate of drug-likeness (QED) is 0.771. The van der Waals surface area contributed by atoms with Gasteiger partial charge >= 0.3 is 6.03 Å². The van der Waals surface area contributed by atoms with Crippen LogP contribution in [-0.4, -0.2) is 40.3 Å². The zero-order valence-electron chi connectivity index (χ0n) is 14.4. The fourth-order valence-electron chi connectivity index (χ4n) is 2.97. The van der Waals surface area contributed by atoms with Crippen molar-refractivity contribution < 1.29 is 9.59 Å². The summed E-state index contributed by atoms with van der Waals surface area (Å²) in [6.45, 7) is 6.65. The lowest BCUT2D eigenvalue weighted by atomic mass is 10.1. The van der Waals surface area contributed by atoms with Crippen LogP contribution >= 0.6 is 0 Å². The van der Waals surface area contributed by atoms with Gasteiger partial charge in [0.25, 0.3) is 0 Å². The van der Waals surface area contributed by atoms with Gasteiger partial charge in [-0.25, -0.2) is 4.79 Å². The van der Waals surface area contributed by atoms with Crippen LogP contribution in [0.1, 0.15) is 43.1 Å². The number of nitrogens with zero attached hydrogens (tertiary/aromatic N) is 2. The highest BCUT2D eigenvalue weighted by Crippen LogP contribution is 2.14. The van der Waals surface area contributed by atoms with Crippen LogP contribution in [0.5, 0.6) is 0 Å². The molecule has 0 aliphatic carbocycles. The Morgan fingerprint density at radius 2 is 2.17 bits per heavy atom. The zero-order valence-corrected chi connectivity index (χ0v) is 14.4. The molecule has 0 saturated carbocycles. The topological polar surface area (TPSA) is 88.1 Å². The first-order valence-electron chi connectivity index (χ1n) is 8.22. The number of amides is 3. The Labute approximate surface area is 137 Å². The third kappa shape index (κ3) is 4.46. The minimum absolute atomic E-state index is 0.0366. The van der Waals surface area contributed by atoms with Crippen molar-refractivity contribution in [1.29, 1.82) is 0 Å². The molecule has 0 aromatic carbocycles. The minimum atomic E-state index is -0.438. The summed E-state index contributed by atoms with van der Waals surface area (Å²) in [5.41, 5.74) is 3.26. The van der Waals surface area contributed by atoms with E-state index >= 15 is 0 Å². The van der Waals surface area contributed by atoms with Crippen molar-refractivity contribution in [3.05, 3.63) is 17.0 Å². The molecule has 2 rings (SSSR count). The molecule has 2 atom stereocenters. The average Bonchev–Trinajstić information content (AvgIpc) is 2.65. The van der Waals surface area contributed by atoms with Crippen LogP contribution in [0.15, 0.2) is 0 Å². The van der Waals surface area contributed by atoms with Gasteiger partial charge in [-0.3, -0.25) is 9.48 Å². The van der Waals surface area contributed by atoms with Gasteiger partial charge in [-0.15, -0.1) is 0 Å². The third-order valence-corrected chi connectivity index (χ3v) is 4.39. The number of carbonyl (C=O) groups is 2. The maximum absolute atomic E-state index is 12.1. The molecular formula is C16H27N5O2. The molecule has 1 aromatic heterocycles. The Morgan fingerprint density at radius 1 is 1.43 bits per heavy atom.